The van der Waals surface area contributed by atoms with Crippen molar-refractivity contribution in [2.75, 3.05) is 14.2 Å². The minimum Gasteiger partial charge on any atom is -0.399 e. The second-order valence-electron chi connectivity index (χ2n) is 4.71. The molecular weight excluding hydrogens is 292 g/mol. The number of hydrogen-bond acceptors (Lipinski definition) is 5. The monoisotopic (exact) mass is 310 g/mol. The maximum Gasteiger partial charge on any atom is 0.176 e. The Balaban J connectivity index is 2.21. The highest BCUT2D eigenvalue weighted by molar-refractivity contribution is 6.15. The number of Topliss-reactive ketones (excluding diaryl/α,β-unsaturated/α-hetero) is 1. The summed E-state index contributed by atoms with van der Waals surface area (Å²) in [6, 6.07) is 17.4. The second kappa shape index (κ2) is 8.48. The van der Waals surface area contributed by atoms with E-state index in [1.165, 1.54) is 26.6 Å². The third kappa shape index (κ3) is 4.51. The quantitative estimate of drug-likeness (QED) is 0.447. The number of benzene rings is 2. The molecule has 1 unspecified atom stereocenters. The van der Waals surface area contributed by atoms with Crippen molar-refractivity contribution in [2.24, 2.45) is 16.2 Å². The first-order chi connectivity index (χ1) is 11.3. The molecule has 1 atom stereocenters. The smallest absolute Gasteiger partial charge is 0.176 e. The van der Waals surface area contributed by atoms with E-state index < -0.39 is 5.92 Å². The van der Waals surface area contributed by atoms with Gasteiger partial charge in [0.15, 0.2) is 5.78 Å². The zero-order chi connectivity index (χ0) is 16.5. The van der Waals surface area contributed by atoms with Crippen molar-refractivity contribution < 1.29 is 14.5 Å². The molecule has 2 rings (SSSR count). The van der Waals surface area contributed by atoms with E-state index in [4.69, 9.17) is 0 Å². The number of carbonyl (C=O) groups is 1. The molecule has 5 heteroatoms. The third-order valence-electron chi connectivity index (χ3n) is 3.23. The SMILES string of the molecule is CON=CC(/C=N\OC)C(=O)c1ccc(-c2ccccc2)cc1. The summed E-state index contributed by atoms with van der Waals surface area (Å²) in [5, 5.41) is 7.29. The molecule has 0 saturated heterocycles. The minimum absolute atomic E-state index is 0.133. The fraction of sp³-hybridized carbons (Fsp3) is 0.167. The first-order valence-electron chi connectivity index (χ1n) is 7.09. The van der Waals surface area contributed by atoms with Crippen LogP contribution in [-0.4, -0.2) is 32.4 Å². The van der Waals surface area contributed by atoms with Crippen molar-refractivity contribution in [1.82, 2.24) is 0 Å². The Morgan fingerprint density at radius 3 is 1.91 bits per heavy atom. The fourth-order valence-corrected chi connectivity index (χ4v) is 2.08. The molecule has 23 heavy (non-hydrogen) atoms. The number of nitrogens with zero attached hydrogens (tertiary/aromatic N) is 2. The van der Waals surface area contributed by atoms with Crippen LogP contribution in [0.4, 0.5) is 0 Å². The summed E-state index contributed by atoms with van der Waals surface area (Å²) >= 11 is 0. The summed E-state index contributed by atoms with van der Waals surface area (Å²) < 4.78 is 0. The molecule has 118 valence electrons. The summed E-state index contributed by atoms with van der Waals surface area (Å²) in [5.74, 6) is -0.774. The Hall–Kier alpha value is -2.95. The van der Waals surface area contributed by atoms with Crippen LogP contribution in [0.2, 0.25) is 0 Å². The Labute approximate surface area is 135 Å². The lowest BCUT2D eigenvalue weighted by Gasteiger charge is -2.07. The highest BCUT2D eigenvalue weighted by atomic mass is 16.6. The first-order valence-corrected chi connectivity index (χ1v) is 7.09. The molecule has 0 radical (unpaired) electrons. The van der Waals surface area contributed by atoms with E-state index in [1.54, 1.807) is 12.1 Å². The number of hydrogen-bond donors (Lipinski definition) is 0. The molecule has 0 bridgehead atoms. The van der Waals surface area contributed by atoms with Crippen LogP contribution in [0.15, 0.2) is 64.9 Å². The lowest BCUT2D eigenvalue weighted by molar-refractivity contribution is 0.0978. The molecule has 0 heterocycles. The van der Waals surface area contributed by atoms with E-state index in [-0.39, 0.29) is 5.78 Å². The van der Waals surface area contributed by atoms with Crippen LogP contribution in [0, 0.1) is 5.92 Å². The average molecular weight is 310 g/mol. The molecule has 0 saturated carbocycles. The molecule has 0 aliphatic rings. The maximum absolute atomic E-state index is 12.5. The van der Waals surface area contributed by atoms with Gasteiger partial charge in [0.2, 0.25) is 0 Å². The summed E-state index contributed by atoms with van der Waals surface area (Å²) in [7, 11) is 2.83. The van der Waals surface area contributed by atoms with Crippen LogP contribution in [0.3, 0.4) is 0 Å². The number of ketones is 1. The van der Waals surface area contributed by atoms with Crippen molar-refractivity contribution in [2.45, 2.75) is 0 Å². The van der Waals surface area contributed by atoms with Gasteiger partial charge in [-0.05, 0) is 11.1 Å². The van der Waals surface area contributed by atoms with Gasteiger partial charge in [0.05, 0.1) is 18.3 Å². The summed E-state index contributed by atoms with van der Waals surface area (Å²) in [6.07, 6.45) is 2.77. The highest BCUT2D eigenvalue weighted by Crippen LogP contribution is 2.20. The standard InChI is InChI=1S/C18H18N2O3/c1-22-19-12-17(13-20-23-2)18(21)16-10-8-15(9-11-16)14-6-4-3-5-7-14/h3-13,17H,1-2H3/b19-12-,20-13?. The van der Waals surface area contributed by atoms with Gasteiger partial charge < -0.3 is 9.68 Å². The molecule has 0 fully saturated rings. The third-order valence-corrected chi connectivity index (χ3v) is 3.23. The summed E-state index contributed by atoms with van der Waals surface area (Å²) in [6.45, 7) is 0. The lowest BCUT2D eigenvalue weighted by atomic mass is 9.97. The Morgan fingerprint density at radius 2 is 1.39 bits per heavy atom. The first kappa shape index (κ1) is 16.4. The second-order valence-corrected chi connectivity index (χ2v) is 4.71. The molecule has 0 N–H and O–H groups in total. The van der Waals surface area contributed by atoms with Gasteiger partial charge in [-0.2, -0.15) is 0 Å². The van der Waals surface area contributed by atoms with E-state index in [9.17, 15) is 4.79 Å². The van der Waals surface area contributed by atoms with Crippen LogP contribution < -0.4 is 0 Å². The van der Waals surface area contributed by atoms with Crippen molar-refractivity contribution in [3.8, 4) is 11.1 Å². The topological polar surface area (TPSA) is 60.3 Å². The zero-order valence-corrected chi connectivity index (χ0v) is 13.0. The normalized spacial score (nSPS) is 12.4. The Kier molecular flexibility index (Phi) is 6.06. The Bertz CT molecular complexity index is 665. The Morgan fingerprint density at radius 1 is 0.870 bits per heavy atom. The van der Waals surface area contributed by atoms with Crippen LogP contribution in [0.5, 0.6) is 0 Å². The zero-order valence-electron chi connectivity index (χ0n) is 13.0. The molecule has 0 spiro atoms. The number of oxime groups is 2. The lowest BCUT2D eigenvalue weighted by Crippen LogP contribution is -2.18. The van der Waals surface area contributed by atoms with Crippen LogP contribution in [0.25, 0.3) is 11.1 Å². The van der Waals surface area contributed by atoms with Gasteiger partial charge in [-0.15, -0.1) is 0 Å². The molecule has 5 nitrogen and oxygen atoms in total. The molecule has 0 amide bonds. The molecule has 2 aromatic rings. The van der Waals surface area contributed by atoms with Crippen molar-refractivity contribution in [3.63, 3.8) is 0 Å². The van der Waals surface area contributed by atoms with E-state index in [0.29, 0.717) is 5.56 Å². The minimum atomic E-state index is -0.641. The predicted molar refractivity (Wildman–Crippen MR) is 90.7 cm³/mol. The van der Waals surface area contributed by atoms with E-state index in [2.05, 4.69) is 20.0 Å². The van der Waals surface area contributed by atoms with Crippen molar-refractivity contribution in [1.29, 1.82) is 0 Å². The van der Waals surface area contributed by atoms with Crippen molar-refractivity contribution in [3.05, 3.63) is 60.2 Å². The largest absolute Gasteiger partial charge is 0.399 e. The summed E-state index contributed by atoms with van der Waals surface area (Å²) in [5.41, 5.74) is 2.72. The van der Waals surface area contributed by atoms with Crippen LogP contribution >= 0.6 is 0 Å². The molecule has 0 aliphatic heterocycles. The van der Waals surface area contributed by atoms with Gasteiger partial charge >= 0.3 is 0 Å². The molecule has 0 aromatic heterocycles. The van der Waals surface area contributed by atoms with Gasteiger partial charge in [-0.3, -0.25) is 4.79 Å². The number of carbonyl (C=O) groups excluding carboxylic acids is 1. The van der Waals surface area contributed by atoms with E-state index >= 15 is 0 Å². The van der Waals surface area contributed by atoms with Gasteiger partial charge in [0.25, 0.3) is 0 Å². The van der Waals surface area contributed by atoms with Crippen LogP contribution in [-0.2, 0) is 9.68 Å². The van der Waals surface area contributed by atoms with E-state index in [0.717, 1.165) is 11.1 Å². The van der Waals surface area contributed by atoms with E-state index in [1.807, 2.05) is 42.5 Å². The highest BCUT2D eigenvalue weighted by Gasteiger charge is 2.17. The van der Waals surface area contributed by atoms with Crippen LogP contribution in [0.1, 0.15) is 10.4 Å². The van der Waals surface area contributed by atoms with Gasteiger partial charge in [0, 0.05) is 5.56 Å². The predicted octanol–water partition coefficient (Wildman–Crippen LogP) is 3.42. The fourth-order valence-electron chi connectivity index (χ4n) is 2.08. The van der Waals surface area contributed by atoms with Gasteiger partial charge in [0.1, 0.15) is 14.2 Å². The molecule has 2 aromatic carbocycles. The average Bonchev–Trinajstić information content (AvgIpc) is 2.62. The summed E-state index contributed by atoms with van der Waals surface area (Å²) in [4.78, 5) is 21.8. The molecule has 0 aliphatic carbocycles. The maximum atomic E-state index is 12.5. The van der Waals surface area contributed by atoms with Gasteiger partial charge in [-0.25, -0.2) is 0 Å². The van der Waals surface area contributed by atoms with Gasteiger partial charge in [-0.1, -0.05) is 64.9 Å². The molecular formula is C18H18N2O3. The number of rotatable bonds is 7. The van der Waals surface area contributed by atoms with Crippen molar-refractivity contribution >= 4 is 18.2 Å².